The number of ether oxygens (including phenoxy) is 5. The van der Waals surface area contributed by atoms with E-state index >= 15 is 0 Å². The van der Waals surface area contributed by atoms with Crippen LogP contribution in [0.25, 0.3) is 11.1 Å². The van der Waals surface area contributed by atoms with Gasteiger partial charge in [0.2, 0.25) is 5.75 Å². The Labute approximate surface area is 164 Å². The summed E-state index contributed by atoms with van der Waals surface area (Å²) < 4.78 is 28.1. The van der Waals surface area contributed by atoms with Crippen molar-refractivity contribution in [3.8, 4) is 28.4 Å². The van der Waals surface area contributed by atoms with Gasteiger partial charge in [0.25, 0.3) is 0 Å². The quantitative estimate of drug-likeness (QED) is 0.676. The fourth-order valence-corrected chi connectivity index (χ4v) is 3.46. The molecule has 0 aliphatic carbocycles. The van der Waals surface area contributed by atoms with E-state index in [-0.39, 0.29) is 11.4 Å². The Hall–Kier alpha value is -2.73. The van der Waals surface area contributed by atoms with Crippen LogP contribution in [-0.2, 0) is 16.1 Å². The lowest BCUT2D eigenvalue weighted by atomic mass is 9.90. The summed E-state index contributed by atoms with van der Waals surface area (Å²) >= 11 is 0. The van der Waals surface area contributed by atoms with Crippen LogP contribution in [0.1, 0.15) is 29.8 Å². The van der Waals surface area contributed by atoms with E-state index < -0.39 is 0 Å². The van der Waals surface area contributed by atoms with Crippen LogP contribution in [-0.4, -0.2) is 39.5 Å². The van der Waals surface area contributed by atoms with Crippen molar-refractivity contribution in [3.05, 3.63) is 41.5 Å². The molecule has 0 unspecified atom stereocenters. The lowest BCUT2D eigenvalue weighted by Crippen LogP contribution is -2.44. The fraction of sp³-hybridized carbons (Fsp3) is 0.409. The second kappa shape index (κ2) is 7.36. The third kappa shape index (κ3) is 3.29. The summed E-state index contributed by atoms with van der Waals surface area (Å²) in [5.41, 5.74) is 3.29. The van der Waals surface area contributed by atoms with Crippen molar-refractivity contribution in [1.29, 1.82) is 0 Å². The van der Waals surface area contributed by atoms with Crippen LogP contribution in [0.5, 0.6) is 17.2 Å². The largest absolute Gasteiger partial charge is 0.490 e. The molecule has 2 heterocycles. The van der Waals surface area contributed by atoms with E-state index in [4.69, 9.17) is 23.7 Å². The highest BCUT2D eigenvalue weighted by atomic mass is 16.5. The van der Waals surface area contributed by atoms with Crippen LogP contribution in [0.4, 0.5) is 0 Å². The summed E-state index contributed by atoms with van der Waals surface area (Å²) in [7, 11) is 1.61. The molecule has 0 atom stereocenters. The SMILES string of the molecule is CCOc1ccc(-c2ccc3c(c2)COC3=O)c(OCC2(C)COC2)c1OC. The second-order valence-electron chi connectivity index (χ2n) is 7.45. The monoisotopic (exact) mass is 384 g/mol. The molecule has 0 aromatic heterocycles. The van der Waals surface area contributed by atoms with Gasteiger partial charge in [0.05, 0.1) is 39.1 Å². The van der Waals surface area contributed by atoms with Gasteiger partial charge in [-0.1, -0.05) is 13.0 Å². The van der Waals surface area contributed by atoms with Crippen molar-refractivity contribution < 1.29 is 28.5 Å². The molecule has 4 rings (SSSR count). The molecule has 0 amide bonds. The van der Waals surface area contributed by atoms with Gasteiger partial charge in [-0.05, 0) is 36.8 Å². The summed E-state index contributed by atoms with van der Waals surface area (Å²) in [6, 6.07) is 9.52. The number of methoxy groups -OCH3 is 1. The van der Waals surface area contributed by atoms with Crippen molar-refractivity contribution in [2.24, 2.45) is 5.41 Å². The molecular weight excluding hydrogens is 360 g/mol. The van der Waals surface area contributed by atoms with Crippen LogP contribution in [0.15, 0.2) is 30.3 Å². The Bertz CT molecular complexity index is 900. The van der Waals surface area contributed by atoms with Gasteiger partial charge in [-0.3, -0.25) is 0 Å². The highest BCUT2D eigenvalue weighted by molar-refractivity contribution is 5.94. The summed E-state index contributed by atoms with van der Waals surface area (Å²) in [6.07, 6.45) is 0. The smallest absolute Gasteiger partial charge is 0.338 e. The van der Waals surface area contributed by atoms with E-state index in [1.807, 2.05) is 31.2 Å². The van der Waals surface area contributed by atoms with E-state index in [1.165, 1.54) is 0 Å². The molecule has 0 bridgehead atoms. The van der Waals surface area contributed by atoms with Crippen LogP contribution < -0.4 is 14.2 Å². The first-order valence-corrected chi connectivity index (χ1v) is 9.39. The first-order chi connectivity index (χ1) is 13.5. The Balaban J connectivity index is 1.76. The molecule has 0 radical (unpaired) electrons. The third-order valence-corrected chi connectivity index (χ3v) is 5.04. The predicted octanol–water partition coefficient (Wildman–Crippen LogP) is 3.85. The number of hydrogen-bond acceptors (Lipinski definition) is 6. The zero-order valence-corrected chi connectivity index (χ0v) is 16.4. The number of fused-ring (bicyclic) bond motifs is 1. The fourth-order valence-electron chi connectivity index (χ4n) is 3.46. The molecule has 0 saturated carbocycles. The molecule has 28 heavy (non-hydrogen) atoms. The highest BCUT2D eigenvalue weighted by Gasteiger charge is 2.35. The van der Waals surface area contributed by atoms with Crippen molar-refractivity contribution >= 4 is 5.97 Å². The number of esters is 1. The maximum atomic E-state index is 11.8. The summed E-state index contributed by atoms with van der Waals surface area (Å²) in [5, 5.41) is 0. The molecular formula is C22H24O6. The molecule has 2 aliphatic rings. The van der Waals surface area contributed by atoms with Crippen molar-refractivity contribution in [2.45, 2.75) is 20.5 Å². The molecule has 1 fully saturated rings. The Morgan fingerprint density at radius 1 is 1.07 bits per heavy atom. The maximum absolute atomic E-state index is 11.8. The first-order valence-electron chi connectivity index (χ1n) is 9.39. The highest BCUT2D eigenvalue weighted by Crippen LogP contribution is 2.46. The van der Waals surface area contributed by atoms with Gasteiger partial charge in [0, 0.05) is 16.5 Å². The van der Waals surface area contributed by atoms with E-state index in [0.29, 0.717) is 55.8 Å². The van der Waals surface area contributed by atoms with E-state index in [2.05, 4.69) is 6.92 Å². The average molecular weight is 384 g/mol. The number of rotatable bonds is 7. The molecule has 0 N–H and O–H groups in total. The molecule has 0 spiro atoms. The number of cyclic esters (lactones) is 1. The second-order valence-corrected chi connectivity index (χ2v) is 7.45. The van der Waals surface area contributed by atoms with E-state index in [0.717, 1.165) is 16.7 Å². The molecule has 6 heteroatoms. The Kier molecular flexibility index (Phi) is 4.89. The molecule has 2 aromatic carbocycles. The van der Waals surface area contributed by atoms with Crippen LogP contribution in [0.2, 0.25) is 0 Å². The zero-order chi connectivity index (χ0) is 19.7. The minimum atomic E-state index is -0.278. The third-order valence-electron chi connectivity index (χ3n) is 5.04. The van der Waals surface area contributed by atoms with Crippen molar-refractivity contribution in [2.75, 3.05) is 33.5 Å². The standard InChI is InChI=1S/C22H24O6/c1-4-26-18-8-7-16(14-5-6-17-15(9-14)10-27-21(17)23)19(20(18)24-3)28-13-22(2)11-25-12-22/h5-9H,4,10-13H2,1-3H3. The topological polar surface area (TPSA) is 63.2 Å². The lowest BCUT2D eigenvalue weighted by molar-refractivity contribution is -0.120. The molecule has 6 nitrogen and oxygen atoms in total. The van der Waals surface area contributed by atoms with Gasteiger partial charge < -0.3 is 23.7 Å². The molecule has 2 aromatic rings. The molecule has 1 saturated heterocycles. The Morgan fingerprint density at radius 2 is 1.86 bits per heavy atom. The maximum Gasteiger partial charge on any atom is 0.338 e. The van der Waals surface area contributed by atoms with Gasteiger partial charge in [-0.2, -0.15) is 0 Å². The predicted molar refractivity (Wildman–Crippen MR) is 103 cm³/mol. The van der Waals surface area contributed by atoms with Crippen LogP contribution >= 0.6 is 0 Å². The molecule has 2 aliphatic heterocycles. The number of hydrogen-bond donors (Lipinski definition) is 0. The normalized spacial score (nSPS) is 16.8. The van der Waals surface area contributed by atoms with Gasteiger partial charge in [0.15, 0.2) is 11.5 Å². The number of carbonyl (C=O) groups excluding carboxylic acids is 1. The van der Waals surface area contributed by atoms with Gasteiger partial charge >= 0.3 is 5.97 Å². The minimum Gasteiger partial charge on any atom is -0.490 e. The molecule has 148 valence electrons. The van der Waals surface area contributed by atoms with Gasteiger partial charge in [-0.25, -0.2) is 4.79 Å². The van der Waals surface area contributed by atoms with E-state index in [9.17, 15) is 4.79 Å². The number of carbonyl (C=O) groups is 1. The summed E-state index contributed by atoms with van der Waals surface area (Å²) in [6.45, 7) is 6.74. The summed E-state index contributed by atoms with van der Waals surface area (Å²) in [4.78, 5) is 11.8. The van der Waals surface area contributed by atoms with Gasteiger partial charge in [0.1, 0.15) is 6.61 Å². The van der Waals surface area contributed by atoms with Crippen LogP contribution in [0.3, 0.4) is 0 Å². The zero-order valence-electron chi connectivity index (χ0n) is 16.4. The van der Waals surface area contributed by atoms with Crippen molar-refractivity contribution in [3.63, 3.8) is 0 Å². The van der Waals surface area contributed by atoms with E-state index in [1.54, 1.807) is 13.2 Å². The van der Waals surface area contributed by atoms with Crippen LogP contribution in [0, 0.1) is 5.41 Å². The Morgan fingerprint density at radius 3 is 2.54 bits per heavy atom. The van der Waals surface area contributed by atoms with Gasteiger partial charge in [-0.15, -0.1) is 0 Å². The minimum absolute atomic E-state index is 0.0118. The average Bonchev–Trinajstić information content (AvgIpc) is 3.05. The number of benzene rings is 2. The van der Waals surface area contributed by atoms with Crippen molar-refractivity contribution in [1.82, 2.24) is 0 Å². The summed E-state index contributed by atoms with van der Waals surface area (Å²) in [5.74, 6) is 1.56. The lowest BCUT2D eigenvalue weighted by Gasteiger charge is -2.37. The first kappa shape index (κ1) is 18.6.